The summed E-state index contributed by atoms with van der Waals surface area (Å²) in [4.78, 5) is 22.9. The highest BCUT2D eigenvalue weighted by Crippen LogP contribution is 2.25. The van der Waals surface area contributed by atoms with Crippen LogP contribution in [0.4, 0.5) is 0 Å². The molecular formula is C16H23NO4. The van der Waals surface area contributed by atoms with Crippen molar-refractivity contribution in [3.05, 3.63) is 29.8 Å². The Morgan fingerprint density at radius 3 is 2.29 bits per heavy atom. The van der Waals surface area contributed by atoms with Gasteiger partial charge < -0.3 is 15.2 Å². The molecule has 0 aliphatic rings. The number of hydrogen-bond donors (Lipinski definition) is 2. The van der Waals surface area contributed by atoms with Crippen LogP contribution in [0.5, 0.6) is 5.75 Å². The maximum absolute atomic E-state index is 11.9. The largest absolute Gasteiger partial charge is 0.497 e. The zero-order valence-electron chi connectivity index (χ0n) is 12.8. The van der Waals surface area contributed by atoms with Crippen LogP contribution in [0.15, 0.2) is 24.3 Å². The Labute approximate surface area is 125 Å². The van der Waals surface area contributed by atoms with E-state index >= 15 is 0 Å². The number of carboxylic acids is 1. The average Bonchev–Trinajstić information content (AvgIpc) is 2.44. The van der Waals surface area contributed by atoms with Gasteiger partial charge in [-0.05, 0) is 23.6 Å². The molecule has 0 spiro atoms. The lowest BCUT2D eigenvalue weighted by molar-refractivity contribution is -0.137. The van der Waals surface area contributed by atoms with E-state index in [1.54, 1.807) is 19.2 Å². The summed E-state index contributed by atoms with van der Waals surface area (Å²) < 4.78 is 5.08. The first-order valence-electron chi connectivity index (χ1n) is 7.04. The van der Waals surface area contributed by atoms with Gasteiger partial charge >= 0.3 is 5.97 Å². The van der Waals surface area contributed by atoms with Crippen LogP contribution in [-0.2, 0) is 9.59 Å². The molecule has 1 atom stereocenters. The summed E-state index contributed by atoms with van der Waals surface area (Å²) in [5.41, 5.74) is 0.831. The summed E-state index contributed by atoms with van der Waals surface area (Å²) in [5.74, 6) is -0.288. The first-order valence-corrected chi connectivity index (χ1v) is 7.04. The van der Waals surface area contributed by atoms with Crippen LogP contribution in [0.3, 0.4) is 0 Å². The van der Waals surface area contributed by atoms with Crippen molar-refractivity contribution in [2.45, 2.75) is 32.6 Å². The minimum Gasteiger partial charge on any atom is -0.497 e. The molecule has 1 amide bonds. The Kier molecular flexibility index (Phi) is 6.72. The summed E-state index contributed by atoms with van der Waals surface area (Å²) in [7, 11) is 1.57. The maximum Gasteiger partial charge on any atom is 0.303 e. The van der Waals surface area contributed by atoms with Crippen molar-refractivity contribution in [2.24, 2.45) is 5.92 Å². The van der Waals surface area contributed by atoms with Gasteiger partial charge in [-0.3, -0.25) is 9.59 Å². The van der Waals surface area contributed by atoms with Gasteiger partial charge in [-0.1, -0.05) is 26.0 Å². The number of methoxy groups -OCH3 is 1. The number of carbonyl (C=O) groups is 2. The van der Waals surface area contributed by atoms with Crippen molar-refractivity contribution in [1.82, 2.24) is 5.32 Å². The second-order valence-corrected chi connectivity index (χ2v) is 5.47. The van der Waals surface area contributed by atoms with E-state index in [-0.39, 0.29) is 24.7 Å². The molecule has 0 saturated carbocycles. The molecule has 0 heterocycles. The van der Waals surface area contributed by atoms with Crippen LogP contribution in [0.2, 0.25) is 0 Å². The quantitative estimate of drug-likeness (QED) is 0.772. The van der Waals surface area contributed by atoms with Gasteiger partial charge in [-0.2, -0.15) is 0 Å². The predicted molar refractivity (Wildman–Crippen MR) is 80.5 cm³/mol. The molecule has 0 aromatic heterocycles. The number of rotatable bonds is 8. The Hall–Kier alpha value is -2.04. The van der Waals surface area contributed by atoms with Gasteiger partial charge in [0.25, 0.3) is 0 Å². The highest BCUT2D eigenvalue weighted by Gasteiger charge is 2.19. The molecule has 0 saturated heterocycles. The molecule has 1 rings (SSSR count). The summed E-state index contributed by atoms with van der Waals surface area (Å²) in [6.45, 7) is 4.62. The molecule has 5 nitrogen and oxygen atoms in total. The van der Waals surface area contributed by atoms with Gasteiger partial charge in [-0.15, -0.1) is 0 Å². The standard InChI is InChI=1S/C16H23NO4/c1-11(2)10-17-15(18)8-13(9-16(19)20)12-4-6-14(21-3)7-5-12/h4-7,11,13H,8-10H2,1-3H3,(H,17,18)(H,19,20)/t13-/m0/s1. The first-order chi connectivity index (χ1) is 9.92. The molecule has 5 heteroatoms. The number of amides is 1. The SMILES string of the molecule is COc1ccc([C@H](CC(=O)O)CC(=O)NCC(C)C)cc1. The topological polar surface area (TPSA) is 75.6 Å². The first kappa shape index (κ1) is 17.0. The van der Waals surface area contributed by atoms with Crippen LogP contribution < -0.4 is 10.1 Å². The van der Waals surface area contributed by atoms with E-state index in [1.165, 1.54) is 0 Å². The zero-order valence-corrected chi connectivity index (χ0v) is 12.8. The average molecular weight is 293 g/mol. The second kappa shape index (κ2) is 8.29. The Morgan fingerprint density at radius 1 is 1.19 bits per heavy atom. The second-order valence-electron chi connectivity index (χ2n) is 5.47. The third-order valence-electron chi connectivity index (χ3n) is 3.15. The summed E-state index contributed by atoms with van der Waals surface area (Å²) in [6, 6.07) is 7.16. The van der Waals surface area contributed by atoms with Crippen molar-refractivity contribution in [3.8, 4) is 5.75 Å². The Morgan fingerprint density at radius 2 is 1.81 bits per heavy atom. The van der Waals surface area contributed by atoms with E-state index in [0.717, 1.165) is 5.56 Å². The van der Waals surface area contributed by atoms with Crippen LogP contribution in [0, 0.1) is 5.92 Å². The smallest absolute Gasteiger partial charge is 0.303 e. The van der Waals surface area contributed by atoms with Crippen molar-refractivity contribution in [1.29, 1.82) is 0 Å². The number of hydrogen-bond acceptors (Lipinski definition) is 3. The third kappa shape index (κ3) is 6.29. The molecule has 0 fully saturated rings. The molecule has 1 aromatic rings. The molecule has 0 aliphatic carbocycles. The molecule has 0 unspecified atom stereocenters. The number of carboxylic acid groups (broad SMARTS) is 1. The predicted octanol–water partition coefficient (Wildman–Crippen LogP) is 2.42. The fourth-order valence-corrected chi connectivity index (χ4v) is 2.01. The van der Waals surface area contributed by atoms with Crippen LogP contribution in [-0.4, -0.2) is 30.6 Å². The summed E-state index contributed by atoms with van der Waals surface area (Å²) in [5, 5.41) is 11.8. The van der Waals surface area contributed by atoms with Gasteiger partial charge in [-0.25, -0.2) is 0 Å². The lowest BCUT2D eigenvalue weighted by atomic mass is 9.92. The molecule has 116 valence electrons. The Balaban J connectivity index is 2.74. The Bertz CT molecular complexity index is 468. The minimum atomic E-state index is -0.910. The summed E-state index contributed by atoms with van der Waals surface area (Å²) in [6.07, 6.45) is 0.104. The maximum atomic E-state index is 11.9. The van der Waals surface area contributed by atoms with E-state index in [0.29, 0.717) is 18.2 Å². The highest BCUT2D eigenvalue weighted by molar-refractivity contribution is 5.78. The number of nitrogens with one attached hydrogen (secondary N) is 1. The van der Waals surface area contributed by atoms with Crippen molar-refractivity contribution < 1.29 is 19.4 Å². The van der Waals surface area contributed by atoms with Crippen LogP contribution in [0.25, 0.3) is 0 Å². The zero-order chi connectivity index (χ0) is 15.8. The number of benzene rings is 1. The number of aliphatic carboxylic acids is 1. The third-order valence-corrected chi connectivity index (χ3v) is 3.15. The molecule has 0 radical (unpaired) electrons. The molecule has 2 N–H and O–H groups in total. The lowest BCUT2D eigenvalue weighted by Gasteiger charge is -2.16. The van der Waals surface area contributed by atoms with Gasteiger partial charge in [0.2, 0.25) is 5.91 Å². The van der Waals surface area contributed by atoms with E-state index in [2.05, 4.69) is 5.32 Å². The van der Waals surface area contributed by atoms with Crippen LogP contribution in [0.1, 0.15) is 38.2 Å². The van der Waals surface area contributed by atoms with Gasteiger partial charge in [0, 0.05) is 18.9 Å². The van der Waals surface area contributed by atoms with Gasteiger partial charge in [0.1, 0.15) is 5.75 Å². The van der Waals surface area contributed by atoms with Gasteiger partial charge in [0.15, 0.2) is 0 Å². The fourth-order valence-electron chi connectivity index (χ4n) is 2.01. The van der Waals surface area contributed by atoms with E-state index in [9.17, 15) is 9.59 Å². The van der Waals surface area contributed by atoms with Crippen LogP contribution >= 0.6 is 0 Å². The normalized spacial score (nSPS) is 12.0. The van der Waals surface area contributed by atoms with Gasteiger partial charge in [0.05, 0.1) is 13.5 Å². The van der Waals surface area contributed by atoms with E-state index in [4.69, 9.17) is 9.84 Å². The minimum absolute atomic E-state index is 0.0680. The highest BCUT2D eigenvalue weighted by atomic mass is 16.5. The molecule has 1 aromatic carbocycles. The van der Waals surface area contributed by atoms with Crippen molar-refractivity contribution >= 4 is 11.9 Å². The molecule has 0 bridgehead atoms. The summed E-state index contributed by atoms with van der Waals surface area (Å²) >= 11 is 0. The van der Waals surface area contributed by atoms with Crippen molar-refractivity contribution in [2.75, 3.05) is 13.7 Å². The number of carbonyl (C=O) groups excluding carboxylic acids is 1. The fraction of sp³-hybridized carbons (Fsp3) is 0.500. The monoisotopic (exact) mass is 293 g/mol. The molecule has 0 aliphatic heterocycles. The van der Waals surface area contributed by atoms with E-state index < -0.39 is 5.97 Å². The number of ether oxygens (including phenoxy) is 1. The molecular weight excluding hydrogens is 270 g/mol. The molecule has 21 heavy (non-hydrogen) atoms. The lowest BCUT2D eigenvalue weighted by Crippen LogP contribution is -2.29. The van der Waals surface area contributed by atoms with Crippen molar-refractivity contribution in [3.63, 3.8) is 0 Å². The van der Waals surface area contributed by atoms with E-state index in [1.807, 2.05) is 26.0 Å².